The van der Waals surface area contributed by atoms with Crippen molar-refractivity contribution < 1.29 is 4.74 Å². The van der Waals surface area contributed by atoms with Crippen LogP contribution in [0.5, 0.6) is 0 Å². The zero-order chi connectivity index (χ0) is 8.39. The molecule has 2 unspecified atom stereocenters. The summed E-state index contributed by atoms with van der Waals surface area (Å²) in [6.07, 6.45) is 2.63. The van der Waals surface area contributed by atoms with Gasteiger partial charge in [0, 0.05) is 6.42 Å². The molecule has 0 aromatic rings. The summed E-state index contributed by atoms with van der Waals surface area (Å²) >= 11 is 0. The lowest BCUT2D eigenvalue weighted by atomic mass is 10.1. The third-order valence-corrected chi connectivity index (χ3v) is 2.49. The maximum Gasteiger partial charge on any atom is 0.184 e. The molecular weight excluding hydrogens is 152 g/mol. The van der Waals surface area contributed by atoms with E-state index in [4.69, 9.17) is 4.74 Å². The zero-order valence-electron chi connectivity index (χ0n) is 7.55. The second-order valence-corrected chi connectivity index (χ2v) is 3.73. The normalized spacial score (nSPS) is 34.9. The minimum atomic E-state index is 0.314. The van der Waals surface area contributed by atoms with Gasteiger partial charge in [0.15, 0.2) is 5.90 Å². The van der Waals surface area contributed by atoms with Crippen molar-refractivity contribution >= 4 is 5.90 Å². The van der Waals surface area contributed by atoms with Crippen molar-refractivity contribution in [3.8, 4) is 0 Å². The fourth-order valence-electron chi connectivity index (χ4n) is 1.79. The van der Waals surface area contributed by atoms with Crippen LogP contribution in [-0.4, -0.2) is 31.6 Å². The van der Waals surface area contributed by atoms with Crippen LogP contribution in [0, 0.1) is 5.92 Å². The molecule has 2 aliphatic rings. The summed E-state index contributed by atoms with van der Waals surface area (Å²) in [7, 11) is 0. The number of nitrogens with zero attached hydrogens (tertiary/aromatic N) is 1. The highest BCUT2D eigenvalue weighted by Gasteiger charge is 2.21. The van der Waals surface area contributed by atoms with Gasteiger partial charge in [-0.05, 0) is 32.4 Å². The van der Waals surface area contributed by atoms with Crippen molar-refractivity contribution in [2.45, 2.75) is 25.9 Å². The van der Waals surface area contributed by atoms with Crippen LogP contribution < -0.4 is 5.32 Å². The van der Waals surface area contributed by atoms with E-state index >= 15 is 0 Å². The average Bonchev–Trinajstić information content (AvgIpc) is 2.63. The third-order valence-electron chi connectivity index (χ3n) is 2.49. The molecule has 1 fully saturated rings. The van der Waals surface area contributed by atoms with Gasteiger partial charge in [-0.15, -0.1) is 0 Å². The summed E-state index contributed by atoms with van der Waals surface area (Å²) in [4.78, 5) is 4.35. The van der Waals surface area contributed by atoms with Crippen molar-refractivity contribution in [3.05, 3.63) is 0 Å². The Balaban J connectivity index is 1.79. The summed E-state index contributed by atoms with van der Waals surface area (Å²) in [5.74, 6) is 1.74. The molecule has 2 heterocycles. The topological polar surface area (TPSA) is 33.6 Å². The van der Waals surface area contributed by atoms with Gasteiger partial charge in [-0.25, -0.2) is 0 Å². The lowest BCUT2D eigenvalue weighted by Gasteiger charge is -2.09. The first kappa shape index (κ1) is 8.05. The van der Waals surface area contributed by atoms with E-state index in [1.165, 1.54) is 6.42 Å². The molecule has 0 aromatic carbocycles. The molecule has 1 N–H and O–H groups in total. The van der Waals surface area contributed by atoms with Gasteiger partial charge in [0.05, 0.1) is 6.54 Å². The summed E-state index contributed by atoms with van der Waals surface area (Å²) in [6, 6.07) is 0. The predicted molar refractivity (Wildman–Crippen MR) is 48.4 cm³/mol. The molecule has 0 radical (unpaired) electrons. The Morgan fingerprint density at radius 1 is 1.67 bits per heavy atom. The molecule has 3 nitrogen and oxygen atoms in total. The monoisotopic (exact) mass is 168 g/mol. The summed E-state index contributed by atoms with van der Waals surface area (Å²) in [6.45, 7) is 5.23. The van der Waals surface area contributed by atoms with Crippen molar-refractivity contribution in [1.82, 2.24) is 5.32 Å². The molecule has 0 aromatic heterocycles. The van der Waals surface area contributed by atoms with Crippen LogP contribution in [0.2, 0.25) is 0 Å². The lowest BCUT2D eigenvalue weighted by molar-refractivity contribution is 0.235. The van der Waals surface area contributed by atoms with Crippen molar-refractivity contribution in [2.75, 3.05) is 19.6 Å². The molecule has 0 amide bonds. The SMILES string of the molecule is CC1CN=C(CC2CCNC2)O1. The minimum Gasteiger partial charge on any atom is -0.476 e. The first-order valence-electron chi connectivity index (χ1n) is 4.75. The van der Waals surface area contributed by atoms with Crippen LogP contribution in [0.1, 0.15) is 19.8 Å². The minimum absolute atomic E-state index is 0.314. The van der Waals surface area contributed by atoms with Crippen LogP contribution in [-0.2, 0) is 4.74 Å². The molecule has 3 heteroatoms. The summed E-state index contributed by atoms with van der Waals surface area (Å²) in [5.41, 5.74) is 0. The first-order chi connectivity index (χ1) is 5.84. The third kappa shape index (κ3) is 1.78. The van der Waals surface area contributed by atoms with Gasteiger partial charge in [-0.2, -0.15) is 0 Å². The van der Waals surface area contributed by atoms with Crippen LogP contribution in [0.25, 0.3) is 0 Å². The largest absolute Gasteiger partial charge is 0.476 e. The van der Waals surface area contributed by atoms with Gasteiger partial charge < -0.3 is 10.1 Å². The van der Waals surface area contributed by atoms with Crippen molar-refractivity contribution in [2.24, 2.45) is 10.9 Å². The fraction of sp³-hybridized carbons (Fsp3) is 0.889. The Morgan fingerprint density at radius 2 is 2.58 bits per heavy atom. The van der Waals surface area contributed by atoms with Crippen LogP contribution >= 0.6 is 0 Å². The Kier molecular flexibility index (Phi) is 2.30. The second kappa shape index (κ2) is 3.44. The Bertz CT molecular complexity index is 185. The molecule has 0 bridgehead atoms. The first-order valence-corrected chi connectivity index (χ1v) is 4.75. The molecule has 2 rings (SSSR count). The van der Waals surface area contributed by atoms with E-state index in [0.29, 0.717) is 6.10 Å². The zero-order valence-corrected chi connectivity index (χ0v) is 7.55. The van der Waals surface area contributed by atoms with Gasteiger partial charge in [0.25, 0.3) is 0 Å². The quantitative estimate of drug-likeness (QED) is 0.661. The molecule has 1 saturated heterocycles. The highest BCUT2D eigenvalue weighted by molar-refractivity contribution is 5.77. The maximum absolute atomic E-state index is 5.55. The van der Waals surface area contributed by atoms with E-state index in [0.717, 1.165) is 37.9 Å². The van der Waals surface area contributed by atoms with Crippen molar-refractivity contribution in [1.29, 1.82) is 0 Å². The van der Waals surface area contributed by atoms with Crippen LogP contribution in [0.4, 0.5) is 0 Å². The molecular formula is C9H16N2O. The van der Waals surface area contributed by atoms with E-state index in [9.17, 15) is 0 Å². The Labute approximate surface area is 73.2 Å². The number of hydrogen-bond donors (Lipinski definition) is 1. The molecule has 12 heavy (non-hydrogen) atoms. The smallest absolute Gasteiger partial charge is 0.184 e. The molecule has 68 valence electrons. The van der Waals surface area contributed by atoms with Crippen molar-refractivity contribution in [3.63, 3.8) is 0 Å². The standard InChI is InChI=1S/C9H16N2O/c1-7-5-11-9(12-7)4-8-2-3-10-6-8/h7-8,10H,2-6H2,1H3. The average molecular weight is 168 g/mol. The van der Waals surface area contributed by atoms with Crippen LogP contribution in [0.15, 0.2) is 4.99 Å². The van der Waals surface area contributed by atoms with Gasteiger partial charge in [-0.1, -0.05) is 0 Å². The maximum atomic E-state index is 5.55. The molecule has 0 saturated carbocycles. The Hall–Kier alpha value is -0.570. The van der Waals surface area contributed by atoms with Crippen LogP contribution in [0.3, 0.4) is 0 Å². The summed E-state index contributed by atoms with van der Waals surface area (Å²) < 4.78 is 5.55. The number of rotatable bonds is 2. The molecule has 2 atom stereocenters. The highest BCUT2D eigenvalue weighted by Crippen LogP contribution is 2.16. The van der Waals surface area contributed by atoms with E-state index in [1.807, 2.05) is 0 Å². The predicted octanol–water partition coefficient (Wildman–Crippen LogP) is 0.803. The van der Waals surface area contributed by atoms with Gasteiger partial charge in [-0.3, -0.25) is 4.99 Å². The number of ether oxygens (including phenoxy) is 1. The second-order valence-electron chi connectivity index (χ2n) is 3.73. The van der Waals surface area contributed by atoms with Gasteiger partial charge >= 0.3 is 0 Å². The van der Waals surface area contributed by atoms with Gasteiger partial charge in [0.1, 0.15) is 6.10 Å². The van der Waals surface area contributed by atoms with E-state index in [1.54, 1.807) is 0 Å². The Morgan fingerprint density at radius 3 is 3.17 bits per heavy atom. The van der Waals surface area contributed by atoms with E-state index < -0.39 is 0 Å². The fourth-order valence-corrected chi connectivity index (χ4v) is 1.79. The molecule has 2 aliphatic heterocycles. The van der Waals surface area contributed by atoms with Gasteiger partial charge in [0.2, 0.25) is 0 Å². The number of aliphatic imine (C=N–C) groups is 1. The molecule has 0 aliphatic carbocycles. The number of hydrogen-bond acceptors (Lipinski definition) is 3. The lowest BCUT2D eigenvalue weighted by Crippen LogP contribution is -2.14. The molecule has 0 spiro atoms. The van der Waals surface area contributed by atoms with E-state index in [2.05, 4.69) is 17.2 Å². The van der Waals surface area contributed by atoms with E-state index in [-0.39, 0.29) is 0 Å². The number of nitrogens with one attached hydrogen (secondary N) is 1. The highest BCUT2D eigenvalue weighted by atomic mass is 16.5. The summed E-state index contributed by atoms with van der Waals surface area (Å²) in [5, 5.41) is 3.35.